The van der Waals surface area contributed by atoms with Crippen LogP contribution in [0.25, 0.3) is 0 Å². The zero-order valence-corrected chi connectivity index (χ0v) is 16.4. The maximum Gasteiger partial charge on any atom is 0.511 e. The third kappa shape index (κ3) is 4.86. The molecule has 1 aromatic heterocycles. The second-order valence-corrected chi connectivity index (χ2v) is 9.16. The Morgan fingerprint density at radius 1 is 1.35 bits per heavy atom. The van der Waals surface area contributed by atoms with Crippen LogP contribution in [0.3, 0.4) is 0 Å². The number of aromatic nitrogens is 1. The highest BCUT2D eigenvalue weighted by molar-refractivity contribution is 7.90. The average Bonchev–Trinajstić information content (AvgIpc) is 2.89. The van der Waals surface area contributed by atoms with E-state index in [0.717, 1.165) is 15.6 Å². The van der Waals surface area contributed by atoms with E-state index in [4.69, 9.17) is 0 Å². The van der Waals surface area contributed by atoms with Gasteiger partial charge in [-0.1, -0.05) is 0 Å². The van der Waals surface area contributed by atoms with Crippen LogP contribution in [0.15, 0.2) is 4.99 Å². The summed E-state index contributed by atoms with van der Waals surface area (Å²) in [6, 6.07) is -0.152. The molecule has 7 nitrogen and oxygen atoms in total. The molecule has 1 fully saturated rings. The number of alkyl halides is 3. The molecule has 0 atom stereocenters. The Kier molecular flexibility index (Phi) is 6.51. The van der Waals surface area contributed by atoms with Gasteiger partial charge in [-0.15, -0.1) is 11.3 Å². The van der Waals surface area contributed by atoms with Crippen molar-refractivity contribution in [1.29, 1.82) is 0 Å². The van der Waals surface area contributed by atoms with Gasteiger partial charge in [-0.05, 0) is 26.7 Å². The fourth-order valence-corrected chi connectivity index (χ4v) is 4.41. The van der Waals surface area contributed by atoms with Gasteiger partial charge in [0.05, 0.1) is 12.2 Å². The molecule has 0 aromatic carbocycles. The van der Waals surface area contributed by atoms with Gasteiger partial charge in [0, 0.05) is 31.1 Å². The van der Waals surface area contributed by atoms with Crippen molar-refractivity contribution in [3.05, 3.63) is 15.6 Å². The molecule has 0 radical (unpaired) electrons. The highest BCUT2D eigenvalue weighted by Gasteiger charge is 2.50. The lowest BCUT2D eigenvalue weighted by Crippen LogP contribution is -2.51. The third-order valence-corrected chi connectivity index (χ3v) is 6.83. The molecule has 0 bridgehead atoms. The molecule has 0 aliphatic carbocycles. The zero-order valence-electron chi connectivity index (χ0n) is 14.7. The van der Waals surface area contributed by atoms with Crippen LogP contribution in [-0.2, 0) is 16.6 Å². The fourth-order valence-electron chi connectivity index (χ4n) is 2.55. The van der Waals surface area contributed by atoms with Crippen LogP contribution in [0, 0.1) is 13.8 Å². The van der Waals surface area contributed by atoms with Crippen molar-refractivity contribution in [1.82, 2.24) is 19.9 Å². The van der Waals surface area contributed by atoms with Gasteiger partial charge in [0.15, 0.2) is 5.96 Å². The molecule has 1 aliphatic rings. The number of nitrogens with zero attached hydrogens (tertiary/aromatic N) is 3. The van der Waals surface area contributed by atoms with Crippen molar-refractivity contribution in [3.63, 3.8) is 0 Å². The first-order chi connectivity index (χ1) is 12.0. The number of aryl methyl sites for hydroxylation is 2. The second kappa shape index (κ2) is 8.09. The number of piperidine rings is 1. The zero-order chi connectivity index (χ0) is 19.5. The first-order valence-electron chi connectivity index (χ1n) is 8.01. The third-order valence-electron chi connectivity index (χ3n) is 4.13. The van der Waals surface area contributed by atoms with Crippen molar-refractivity contribution in [3.8, 4) is 0 Å². The van der Waals surface area contributed by atoms with Crippen molar-refractivity contribution in [2.45, 2.75) is 44.8 Å². The van der Waals surface area contributed by atoms with E-state index in [0.29, 0.717) is 16.8 Å². The lowest BCUT2D eigenvalue weighted by Gasteiger charge is -2.32. The monoisotopic (exact) mass is 413 g/mol. The highest BCUT2D eigenvalue weighted by Crippen LogP contribution is 2.28. The van der Waals surface area contributed by atoms with Gasteiger partial charge in [-0.25, -0.2) is 13.4 Å². The van der Waals surface area contributed by atoms with Crippen LogP contribution in [0.2, 0.25) is 0 Å². The Morgan fingerprint density at radius 2 is 1.96 bits per heavy atom. The van der Waals surface area contributed by atoms with E-state index in [2.05, 4.69) is 20.6 Å². The van der Waals surface area contributed by atoms with Crippen molar-refractivity contribution in [2.24, 2.45) is 4.99 Å². The van der Waals surface area contributed by atoms with Crippen LogP contribution in [-0.4, -0.2) is 55.4 Å². The molecule has 2 heterocycles. The summed E-state index contributed by atoms with van der Waals surface area (Å²) in [5.41, 5.74) is -4.28. The normalized spacial score (nSPS) is 18.2. The molecule has 2 N–H and O–H groups in total. The summed E-state index contributed by atoms with van der Waals surface area (Å²) in [5.74, 6) is 0.507. The molecule has 1 aliphatic heterocycles. The lowest BCUT2D eigenvalue weighted by molar-refractivity contribution is -0.0494. The summed E-state index contributed by atoms with van der Waals surface area (Å²) >= 11 is 1.58. The maximum absolute atomic E-state index is 12.6. The molecule has 1 saturated heterocycles. The summed E-state index contributed by atoms with van der Waals surface area (Å²) in [6.45, 7) is 4.06. The topological polar surface area (TPSA) is 86.7 Å². The summed E-state index contributed by atoms with van der Waals surface area (Å²) in [6.07, 6.45) is 0.539. The predicted octanol–water partition coefficient (Wildman–Crippen LogP) is 1.74. The molecule has 0 amide bonds. The van der Waals surface area contributed by atoms with E-state index in [1.54, 1.807) is 18.4 Å². The van der Waals surface area contributed by atoms with Crippen LogP contribution >= 0.6 is 11.3 Å². The Hall–Kier alpha value is -1.40. The molecule has 148 valence electrons. The SMILES string of the molecule is CN=C(NCc1nc(C)c(C)s1)NC1CCN(S(=O)(=O)C(F)(F)F)CC1. The molecule has 2 rings (SSSR count). The van der Waals surface area contributed by atoms with Crippen LogP contribution in [0.1, 0.15) is 28.4 Å². The first-order valence-corrected chi connectivity index (χ1v) is 10.3. The van der Waals surface area contributed by atoms with E-state index >= 15 is 0 Å². The van der Waals surface area contributed by atoms with Crippen molar-refractivity contribution in [2.75, 3.05) is 20.1 Å². The maximum atomic E-state index is 12.6. The molecule has 1 aromatic rings. The minimum absolute atomic E-state index is 0.152. The van der Waals surface area contributed by atoms with Gasteiger partial charge in [0.1, 0.15) is 5.01 Å². The van der Waals surface area contributed by atoms with Crippen molar-refractivity contribution >= 4 is 27.3 Å². The second-order valence-electron chi connectivity index (χ2n) is 5.94. The van der Waals surface area contributed by atoms with Gasteiger partial charge in [0.25, 0.3) is 0 Å². The molecule has 26 heavy (non-hydrogen) atoms. The van der Waals surface area contributed by atoms with Crippen LogP contribution in [0.5, 0.6) is 0 Å². The summed E-state index contributed by atoms with van der Waals surface area (Å²) in [4.78, 5) is 9.65. The molecular formula is C14H22F3N5O2S2. The van der Waals surface area contributed by atoms with Crippen LogP contribution in [0.4, 0.5) is 13.2 Å². The Balaban J connectivity index is 1.85. The van der Waals surface area contributed by atoms with E-state index < -0.39 is 15.5 Å². The van der Waals surface area contributed by atoms with Gasteiger partial charge in [0.2, 0.25) is 0 Å². The lowest BCUT2D eigenvalue weighted by atomic mass is 10.1. The highest BCUT2D eigenvalue weighted by atomic mass is 32.2. The molecule has 0 saturated carbocycles. The molecule has 0 spiro atoms. The van der Waals surface area contributed by atoms with Gasteiger partial charge in [-0.2, -0.15) is 17.5 Å². The first kappa shape index (κ1) is 20.9. The van der Waals surface area contributed by atoms with E-state index in [1.165, 1.54) is 0 Å². The number of halogens is 3. The Morgan fingerprint density at radius 3 is 2.42 bits per heavy atom. The molecular weight excluding hydrogens is 391 g/mol. The molecule has 12 heteroatoms. The summed E-state index contributed by atoms with van der Waals surface area (Å²) in [5, 5.41) is 7.15. The number of sulfonamides is 1. The van der Waals surface area contributed by atoms with E-state index in [1.807, 2.05) is 13.8 Å². The minimum Gasteiger partial charge on any atom is -0.354 e. The Labute approximate surface area is 154 Å². The number of aliphatic imine (C=N–C) groups is 1. The standard InChI is InChI=1S/C14H22F3N5O2S2/c1-9-10(2)25-12(20-9)8-19-13(18-3)21-11-4-6-22(7-5-11)26(23,24)14(15,16)17/h11H,4-8H2,1-3H3,(H2,18,19,21). The fraction of sp³-hybridized carbons (Fsp3) is 0.714. The van der Waals surface area contributed by atoms with Crippen molar-refractivity contribution < 1.29 is 21.6 Å². The number of hydrogen-bond acceptors (Lipinski definition) is 5. The van der Waals surface area contributed by atoms with E-state index in [9.17, 15) is 21.6 Å². The molecule has 0 unspecified atom stereocenters. The number of nitrogens with one attached hydrogen (secondary N) is 2. The smallest absolute Gasteiger partial charge is 0.354 e. The summed E-state index contributed by atoms with van der Waals surface area (Å²) in [7, 11) is -3.66. The van der Waals surface area contributed by atoms with Crippen LogP contribution < -0.4 is 10.6 Å². The Bertz CT molecular complexity index is 734. The van der Waals surface area contributed by atoms with Gasteiger partial charge in [-0.3, -0.25) is 4.99 Å². The number of rotatable bonds is 4. The minimum atomic E-state index is -5.26. The number of guanidine groups is 1. The average molecular weight is 413 g/mol. The number of hydrogen-bond donors (Lipinski definition) is 2. The van der Waals surface area contributed by atoms with E-state index in [-0.39, 0.29) is 32.0 Å². The summed E-state index contributed by atoms with van der Waals surface area (Å²) < 4.78 is 61.1. The quantitative estimate of drug-likeness (QED) is 0.580. The van der Waals surface area contributed by atoms with Gasteiger partial charge < -0.3 is 10.6 Å². The predicted molar refractivity (Wildman–Crippen MR) is 94.5 cm³/mol. The van der Waals surface area contributed by atoms with Gasteiger partial charge >= 0.3 is 15.5 Å². The largest absolute Gasteiger partial charge is 0.511 e. The number of thiazole rings is 1.